The van der Waals surface area contributed by atoms with Gasteiger partial charge >= 0.3 is 0 Å². The highest BCUT2D eigenvalue weighted by Gasteiger charge is 2.18. The Bertz CT molecular complexity index is 904. The Balaban J connectivity index is 1.43. The van der Waals surface area contributed by atoms with E-state index in [-0.39, 0.29) is 12.5 Å². The summed E-state index contributed by atoms with van der Waals surface area (Å²) >= 11 is 12.4. The molecular weight excluding hydrogens is 417 g/mol. The first-order chi connectivity index (χ1) is 14.1. The van der Waals surface area contributed by atoms with Crippen LogP contribution >= 0.6 is 23.2 Å². The average Bonchev–Trinajstić information content (AvgIpc) is 2.73. The zero-order chi connectivity index (χ0) is 20.2. The zero-order valence-corrected chi connectivity index (χ0v) is 17.2. The maximum atomic E-state index is 12.5. The maximum absolute atomic E-state index is 12.5. The normalized spacial score (nSPS) is 15.7. The number of carbonyl (C=O) groups excluding carboxylic acids is 1. The number of anilines is 3. The van der Waals surface area contributed by atoms with Crippen molar-refractivity contribution < 1.29 is 19.0 Å². The van der Waals surface area contributed by atoms with E-state index in [1.54, 1.807) is 12.1 Å². The van der Waals surface area contributed by atoms with Gasteiger partial charge in [-0.15, -0.1) is 0 Å². The Morgan fingerprint density at radius 3 is 2.45 bits per heavy atom. The van der Waals surface area contributed by atoms with E-state index in [4.69, 9.17) is 37.4 Å². The number of nitrogens with zero attached hydrogens (tertiary/aromatic N) is 1. The number of ether oxygens (including phenoxy) is 3. The van der Waals surface area contributed by atoms with Gasteiger partial charge in [0.15, 0.2) is 11.5 Å². The number of amides is 1. The highest BCUT2D eigenvalue weighted by atomic mass is 35.5. The van der Waals surface area contributed by atoms with Gasteiger partial charge in [-0.05, 0) is 18.2 Å². The number of morpholine rings is 1. The highest BCUT2D eigenvalue weighted by Crippen LogP contribution is 2.38. The highest BCUT2D eigenvalue weighted by molar-refractivity contribution is 6.34. The molecule has 9 heteroatoms. The van der Waals surface area contributed by atoms with Crippen molar-refractivity contribution in [1.82, 2.24) is 0 Å². The smallest absolute Gasteiger partial charge is 0.243 e. The van der Waals surface area contributed by atoms with Crippen LogP contribution in [-0.4, -0.2) is 52.0 Å². The van der Waals surface area contributed by atoms with Crippen LogP contribution in [0.1, 0.15) is 0 Å². The lowest BCUT2D eigenvalue weighted by Crippen LogP contribution is -2.36. The maximum Gasteiger partial charge on any atom is 0.243 e. The minimum absolute atomic E-state index is 0.0580. The molecule has 2 aliphatic rings. The molecule has 0 aliphatic carbocycles. The van der Waals surface area contributed by atoms with Crippen molar-refractivity contribution in [2.75, 3.05) is 61.6 Å². The third kappa shape index (κ3) is 4.80. The fraction of sp³-hybridized carbons (Fsp3) is 0.350. The van der Waals surface area contributed by atoms with Crippen molar-refractivity contribution in [3.05, 3.63) is 40.4 Å². The molecule has 2 aromatic carbocycles. The van der Waals surface area contributed by atoms with E-state index in [1.807, 2.05) is 18.2 Å². The number of halogens is 2. The second-order valence-corrected chi connectivity index (χ2v) is 7.48. The molecule has 0 aromatic heterocycles. The van der Waals surface area contributed by atoms with Crippen molar-refractivity contribution >= 4 is 46.2 Å². The van der Waals surface area contributed by atoms with Gasteiger partial charge in [-0.1, -0.05) is 23.2 Å². The van der Waals surface area contributed by atoms with E-state index in [2.05, 4.69) is 15.5 Å². The molecule has 2 N–H and O–H groups in total. The van der Waals surface area contributed by atoms with Crippen LogP contribution in [0.4, 0.5) is 17.1 Å². The molecule has 29 heavy (non-hydrogen) atoms. The second kappa shape index (κ2) is 8.98. The van der Waals surface area contributed by atoms with Crippen LogP contribution in [-0.2, 0) is 9.53 Å². The molecule has 1 saturated heterocycles. The lowest BCUT2D eigenvalue weighted by atomic mass is 10.2. The minimum Gasteiger partial charge on any atom is -0.486 e. The van der Waals surface area contributed by atoms with Gasteiger partial charge in [0, 0.05) is 30.2 Å². The summed E-state index contributed by atoms with van der Waals surface area (Å²) in [5.74, 6) is 0.899. The number of nitrogens with one attached hydrogen (secondary N) is 2. The Labute approximate surface area is 178 Å². The van der Waals surface area contributed by atoms with Crippen LogP contribution in [0.5, 0.6) is 11.5 Å². The summed E-state index contributed by atoms with van der Waals surface area (Å²) in [6, 6.07) is 8.93. The molecular formula is C20H21Cl2N3O4. The molecule has 1 amide bonds. The summed E-state index contributed by atoms with van der Waals surface area (Å²) in [4.78, 5) is 14.7. The van der Waals surface area contributed by atoms with Gasteiger partial charge in [-0.2, -0.15) is 0 Å². The standard InChI is InChI=1S/C20H21Cl2N3O4/c21-13-1-2-17(25-3-5-27-6-4-25)16(9-13)23-12-20(26)24-15-11-19-18(10-14(15)22)28-7-8-29-19/h1-2,9-11,23H,3-8,12H2,(H,24,26). The molecule has 0 spiro atoms. The van der Waals surface area contributed by atoms with Gasteiger partial charge in [-0.3, -0.25) is 4.79 Å². The molecule has 2 aliphatic heterocycles. The molecule has 154 valence electrons. The number of hydrogen-bond acceptors (Lipinski definition) is 6. The van der Waals surface area contributed by atoms with Crippen LogP contribution in [0, 0.1) is 0 Å². The summed E-state index contributed by atoms with van der Waals surface area (Å²) < 4.78 is 16.5. The van der Waals surface area contributed by atoms with Crippen LogP contribution in [0.15, 0.2) is 30.3 Å². The molecule has 1 fully saturated rings. The molecule has 0 atom stereocenters. The first-order valence-electron chi connectivity index (χ1n) is 9.35. The summed E-state index contributed by atoms with van der Waals surface area (Å²) in [6.45, 7) is 3.91. The summed E-state index contributed by atoms with van der Waals surface area (Å²) in [6.07, 6.45) is 0. The van der Waals surface area contributed by atoms with E-state index in [0.29, 0.717) is 53.7 Å². The van der Waals surface area contributed by atoms with Crippen molar-refractivity contribution in [2.45, 2.75) is 0 Å². The number of hydrogen-bond donors (Lipinski definition) is 2. The van der Waals surface area contributed by atoms with E-state index in [0.717, 1.165) is 24.5 Å². The molecule has 2 heterocycles. The number of rotatable bonds is 5. The largest absolute Gasteiger partial charge is 0.486 e. The van der Waals surface area contributed by atoms with Crippen LogP contribution in [0.3, 0.4) is 0 Å². The predicted octanol–water partition coefficient (Wildman–Crippen LogP) is 3.65. The first kappa shape index (κ1) is 19.9. The number of carbonyl (C=O) groups is 1. The Morgan fingerprint density at radius 2 is 1.69 bits per heavy atom. The van der Waals surface area contributed by atoms with Gasteiger partial charge in [0.2, 0.25) is 5.91 Å². The van der Waals surface area contributed by atoms with Crippen LogP contribution in [0.25, 0.3) is 0 Å². The third-order valence-corrected chi connectivity index (χ3v) is 5.20. The lowest BCUT2D eigenvalue weighted by molar-refractivity contribution is -0.114. The van der Waals surface area contributed by atoms with E-state index in [1.165, 1.54) is 0 Å². The summed E-state index contributed by atoms with van der Waals surface area (Å²) in [7, 11) is 0. The summed E-state index contributed by atoms with van der Waals surface area (Å²) in [5.41, 5.74) is 2.26. The van der Waals surface area contributed by atoms with Gasteiger partial charge in [0.05, 0.1) is 41.8 Å². The second-order valence-electron chi connectivity index (χ2n) is 6.64. The van der Waals surface area contributed by atoms with Gasteiger partial charge in [-0.25, -0.2) is 0 Å². The Kier molecular flexibility index (Phi) is 6.18. The quantitative estimate of drug-likeness (QED) is 0.743. The van der Waals surface area contributed by atoms with Crippen molar-refractivity contribution in [2.24, 2.45) is 0 Å². The lowest BCUT2D eigenvalue weighted by Gasteiger charge is -2.30. The molecule has 4 rings (SSSR count). The molecule has 7 nitrogen and oxygen atoms in total. The van der Waals surface area contributed by atoms with Crippen molar-refractivity contribution in [3.8, 4) is 11.5 Å². The van der Waals surface area contributed by atoms with Gasteiger partial charge < -0.3 is 29.7 Å². The fourth-order valence-corrected chi connectivity index (χ4v) is 3.63. The van der Waals surface area contributed by atoms with Crippen molar-refractivity contribution in [3.63, 3.8) is 0 Å². The first-order valence-corrected chi connectivity index (χ1v) is 10.1. The topological polar surface area (TPSA) is 72.1 Å². The molecule has 0 unspecified atom stereocenters. The number of fused-ring (bicyclic) bond motifs is 1. The van der Waals surface area contributed by atoms with E-state index in [9.17, 15) is 4.79 Å². The van der Waals surface area contributed by atoms with E-state index < -0.39 is 0 Å². The monoisotopic (exact) mass is 437 g/mol. The van der Waals surface area contributed by atoms with Gasteiger partial charge in [0.25, 0.3) is 0 Å². The third-order valence-electron chi connectivity index (χ3n) is 4.66. The molecule has 0 saturated carbocycles. The van der Waals surface area contributed by atoms with E-state index >= 15 is 0 Å². The SMILES string of the molecule is O=C(CNc1cc(Cl)ccc1N1CCOCC1)Nc1cc2c(cc1Cl)OCCO2. The number of benzene rings is 2. The average molecular weight is 438 g/mol. The molecule has 0 radical (unpaired) electrons. The van der Waals surface area contributed by atoms with Crippen LogP contribution < -0.4 is 25.0 Å². The predicted molar refractivity (Wildman–Crippen MR) is 114 cm³/mol. The van der Waals surface area contributed by atoms with Crippen molar-refractivity contribution in [1.29, 1.82) is 0 Å². The fourth-order valence-electron chi connectivity index (χ4n) is 3.26. The summed E-state index contributed by atoms with van der Waals surface area (Å²) in [5, 5.41) is 6.97. The van der Waals surface area contributed by atoms with Gasteiger partial charge in [0.1, 0.15) is 13.2 Å². The Hall–Kier alpha value is -2.35. The minimum atomic E-state index is -0.239. The molecule has 0 bridgehead atoms. The molecule has 2 aromatic rings. The Morgan fingerprint density at radius 1 is 0.966 bits per heavy atom. The zero-order valence-electron chi connectivity index (χ0n) is 15.7. The van der Waals surface area contributed by atoms with Crippen LogP contribution in [0.2, 0.25) is 10.0 Å².